The lowest BCUT2D eigenvalue weighted by Gasteiger charge is -2.24. The van der Waals surface area contributed by atoms with Crippen molar-refractivity contribution >= 4 is 11.8 Å². The number of carbonyl (C=O) groups is 2. The van der Waals surface area contributed by atoms with E-state index in [1.165, 1.54) is 6.92 Å². The van der Waals surface area contributed by atoms with Crippen molar-refractivity contribution in [3.63, 3.8) is 0 Å². The second-order valence-corrected chi connectivity index (χ2v) is 2.50. The monoisotopic (exact) mass is 158 g/mol. The first kappa shape index (κ1) is 8.00. The second kappa shape index (κ2) is 2.87. The molecule has 1 aliphatic rings. The summed E-state index contributed by atoms with van der Waals surface area (Å²) in [4.78, 5) is 21.6. The van der Waals surface area contributed by atoms with Crippen molar-refractivity contribution in [3.8, 4) is 0 Å². The maximum Gasteiger partial charge on any atom is 0.245 e. The molecule has 2 unspecified atom stereocenters. The lowest BCUT2D eigenvalue weighted by atomic mass is 10.1. The number of nitrogens with one attached hydrogen (secondary N) is 2. The van der Waals surface area contributed by atoms with Crippen LogP contribution in [0.2, 0.25) is 0 Å². The number of aliphatic hydroxyl groups is 1. The smallest absolute Gasteiger partial charge is 0.245 e. The van der Waals surface area contributed by atoms with Gasteiger partial charge in [-0.15, -0.1) is 0 Å². The van der Waals surface area contributed by atoms with Crippen LogP contribution < -0.4 is 10.6 Å². The molecule has 5 heteroatoms. The first-order valence-corrected chi connectivity index (χ1v) is 3.36. The molecule has 0 saturated carbocycles. The lowest BCUT2D eigenvalue weighted by molar-refractivity contribution is -0.136. The van der Waals surface area contributed by atoms with Gasteiger partial charge in [0, 0.05) is 0 Å². The highest BCUT2D eigenvalue weighted by molar-refractivity contribution is 5.95. The van der Waals surface area contributed by atoms with Gasteiger partial charge < -0.3 is 15.7 Å². The fourth-order valence-electron chi connectivity index (χ4n) is 0.907. The second-order valence-electron chi connectivity index (χ2n) is 2.50. The quantitative estimate of drug-likeness (QED) is 0.412. The summed E-state index contributed by atoms with van der Waals surface area (Å²) in [5.74, 6) is -0.602. The van der Waals surface area contributed by atoms with E-state index in [9.17, 15) is 9.59 Å². The van der Waals surface area contributed by atoms with Crippen LogP contribution in [-0.2, 0) is 9.59 Å². The number of aliphatic hydroxyl groups excluding tert-OH is 1. The molecule has 1 saturated heterocycles. The highest BCUT2D eigenvalue weighted by Gasteiger charge is 2.29. The summed E-state index contributed by atoms with van der Waals surface area (Å²) in [5.41, 5.74) is 0. The maximum atomic E-state index is 10.9. The normalized spacial score (nSPS) is 27.3. The minimum Gasteiger partial charge on any atom is -0.391 e. The van der Waals surface area contributed by atoms with Crippen molar-refractivity contribution in [2.45, 2.75) is 19.1 Å². The van der Waals surface area contributed by atoms with Gasteiger partial charge in [0.1, 0.15) is 6.04 Å². The Morgan fingerprint density at radius 2 is 2.27 bits per heavy atom. The van der Waals surface area contributed by atoms with Crippen LogP contribution >= 0.6 is 0 Å². The first-order chi connectivity index (χ1) is 5.11. The first-order valence-electron chi connectivity index (χ1n) is 3.36. The standard InChI is InChI=1S/C6H10N2O3/c1-3(9)5-6(11)7-2-4(10)8-5/h3,5,9H,2H2,1H3,(H,7,11)(H,8,10). The van der Waals surface area contributed by atoms with E-state index < -0.39 is 12.1 Å². The van der Waals surface area contributed by atoms with Crippen molar-refractivity contribution in [1.82, 2.24) is 10.6 Å². The van der Waals surface area contributed by atoms with Crippen molar-refractivity contribution in [1.29, 1.82) is 0 Å². The molecule has 1 fully saturated rings. The highest BCUT2D eigenvalue weighted by atomic mass is 16.3. The molecule has 0 spiro atoms. The number of carbonyl (C=O) groups excluding carboxylic acids is 2. The fourth-order valence-corrected chi connectivity index (χ4v) is 0.907. The van der Waals surface area contributed by atoms with Gasteiger partial charge in [-0.25, -0.2) is 0 Å². The van der Waals surface area contributed by atoms with Gasteiger partial charge >= 0.3 is 0 Å². The zero-order valence-electron chi connectivity index (χ0n) is 6.13. The van der Waals surface area contributed by atoms with Crippen LogP contribution in [0.25, 0.3) is 0 Å². The van der Waals surface area contributed by atoms with E-state index in [0.717, 1.165) is 0 Å². The SMILES string of the molecule is CC(O)C1NC(=O)CNC1=O. The molecule has 0 bridgehead atoms. The van der Waals surface area contributed by atoms with Crippen LogP contribution in [0, 0.1) is 0 Å². The molecule has 2 atom stereocenters. The van der Waals surface area contributed by atoms with E-state index in [1.807, 2.05) is 0 Å². The molecule has 1 heterocycles. The third-order valence-corrected chi connectivity index (χ3v) is 1.50. The summed E-state index contributed by atoms with van der Waals surface area (Å²) >= 11 is 0. The van der Waals surface area contributed by atoms with Gasteiger partial charge in [0.15, 0.2) is 0 Å². The van der Waals surface area contributed by atoms with Gasteiger partial charge in [0.05, 0.1) is 12.6 Å². The highest BCUT2D eigenvalue weighted by Crippen LogP contribution is 1.95. The van der Waals surface area contributed by atoms with E-state index in [1.54, 1.807) is 0 Å². The fraction of sp³-hybridized carbons (Fsp3) is 0.667. The molecule has 1 rings (SSSR count). The number of hydrogen-bond acceptors (Lipinski definition) is 3. The van der Waals surface area contributed by atoms with E-state index in [2.05, 4.69) is 10.6 Å². The topological polar surface area (TPSA) is 78.4 Å². The van der Waals surface area contributed by atoms with Crippen molar-refractivity contribution in [2.75, 3.05) is 6.54 Å². The largest absolute Gasteiger partial charge is 0.391 e. The van der Waals surface area contributed by atoms with Gasteiger partial charge in [-0.1, -0.05) is 0 Å². The van der Waals surface area contributed by atoms with Crippen LogP contribution in [0.4, 0.5) is 0 Å². The Morgan fingerprint density at radius 1 is 1.64 bits per heavy atom. The Labute approximate surface area is 63.8 Å². The Balaban J connectivity index is 2.61. The van der Waals surface area contributed by atoms with Crippen molar-refractivity contribution in [3.05, 3.63) is 0 Å². The average Bonchev–Trinajstić information content (AvgIpc) is 1.94. The van der Waals surface area contributed by atoms with E-state index in [-0.39, 0.29) is 18.4 Å². The summed E-state index contributed by atoms with van der Waals surface area (Å²) < 4.78 is 0. The molecule has 0 aliphatic carbocycles. The minimum absolute atomic E-state index is 0.00204. The van der Waals surface area contributed by atoms with Crippen molar-refractivity contribution in [2.24, 2.45) is 0 Å². The summed E-state index contributed by atoms with van der Waals surface area (Å²) in [5, 5.41) is 13.7. The van der Waals surface area contributed by atoms with E-state index >= 15 is 0 Å². The Morgan fingerprint density at radius 3 is 2.73 bits per heavy atom. The third kappa shape index (κ3) is 1.68. The van der Waals surface area contributed by atoms with Crippen LogP contribution in [0.3, 0.4) is 0 Å². The number of amides is 2. The number of rotatable bonds is 1. The molecular weight excluding hydrogens is 148 g/mol. The third-order valence-electron chi connectivity index (χ3n) is 1.50. The Bertz CT molecular complexity index is 190. The average molecular weight is 158 g/mol. The predicted molar refractivity (Wildman–Crippen MR) is 36.6 cm³/mol. The van der Waals surface area contributed by atoms with Gasteiger partial charge in [-0.2, -0.15) is 0 Å². The molecule has 0 radical (unpaired) electrons. The van der Waals surface area contributed by atoms with Crippen LogP contribution in [0.1, 0.15) is 6.92 Å². The Kier molecular flexibility index (Phi) is 2.09. The zero-order valence-corrected chi connectivity index (χ0v) is 6.13. The predicted octanol–water partition coefficient (Wildman–Crippen LogP) is -2.02. The molecular formula is C6H10N2O3. The maximum absolute atomic E-state index is 10.9. The summed E-state index contributed by atoms with van der Waals surface area (Å²) in [6.07, 6.45) is -0.848. The summed E-state index contributed by atoms with van der Waals surface area (Å²) in [6, 6.07) is -0.795. The Hall–Kier alpha value is -1.10. The summed E-state index contributed by atoms with van der Waals surface area (Å²) in [6.45, 7) is 1.46. The van der Waals surface area contributed by atoms with Gasteiger partial charge in [0.25, 0.3) is 0 Å². The number of hydrogen-bond donors (Lipinski definition) is 3. The lowest BCUT2D eigenvalue weighted by Crippen LogP contribution is -2.60. The molecule has 11 heavy (non-hydrogen) atoms. The molecule has 0 aromatic carbocycles. The van der Waals surface area contributed by atoms with Gasteiger partial charge in [0.2, 0.25) is 11.8 Å². The van der Waals surface area contributed by atoms with Crippen molar-refractivity contribution < 1.29 is 14.7 Å². The molecule has 0 aromatic heterocycles. The van der Waals surface area contributed by atoms with Gasteiger partial charge in [-0.3, -0.25) is 9.59 Å². The van der Waals surface area contributed by atoms with Gasteiger partial charge in [-0.05, 0) is 6.92 Å². The minimum atomic E-state index is -0.848. The molecule has 5 nitrogen and oxygen atoms in total. The molecule has 3 N–H and O–H groups in total. The molecule has 2 amide bonds. The van der Waals surface area contributed by atoms with Crippen LogP contribution in [-0.4, -0.2) is 35.6 Å². The van der Waals surface area contributed by atoms with Crippen LogP contribution in [0.15, 0.2) is 0 Å². The van der Waals surface area contributed by atoms with E-state index in [4.69, 9.17) is 5.11 Å². The molecule has 0 aromatic rings. The summed E-state index contributed by atoms with van der Waals surface area (Å²) in [7, 11) is 0. The molecule has 62 valence electrons. The van der Waals surface area contributed by atoms with E-state index in [0.29, 0.717) is 0 Å². The van der Waals surface area contributed by atoms with Crippen LogP contribution in [0.5, 0.6) is 0 Å². The molecule has 1 aliphatic heterocycles. The zero-order chi connectivity index (χ0) is 8.43. The number of piperazine rings is 1.